The summed E-state index contributed by atoms with van der Waals surface area (Å²) in [6.07, 6.45) is 1.30. The van der Waals surface area contributed by atoms with E-state index in [0.29, 0.717) is 0 Å². The molecule has 0 bridgehead atoms. The molecule has 0 atom stereocenters. The van der Waals surface area contributed by atoms with Crippen LogP contribution in [0.5, 0.6) is 0 Å². The molecule has 2 aromatic rings. The molecule has 0 saturated carbocycles. The SMILES string of the molecule is Nc1ccccc1S(=O)(=O)NCCn1ccc(=O)[nH]c1=O. The minimum Gasteiger partial charge on any atom is -0.398 e. The highest BCUT2D eigenvalue weighted by molar-refractivity contribution is 7.89. The summed E-state index contributed by atoms with van der Waals surface area (Å²) >= 11 is 0. The molecule has 8 nitrogen and oxygen atoms in total. The number of nitrogens with zero attached hydrogens (tertiary/aromatic N) is 1. The van der Waals surface area contributed by atoms with Crippen LogP contribution >= 0.6 is 0 Å². The van der Waals surface area contributed by atoms with Gasteiger partial charge in [0, 0.05) is 25.4 Å². The lowest BCUT2D eigenvalue weighted by Gasteiger charge is -2.09. The second-order valence-electron chi connectivity index (χ2n) is 4.24. The Hall–Kier alpha value is -2.39. The highest BCUT2D eigenvalue weighted by Crippen LogP contribution is 2.16. The van der Waals surface area contributed by atoms with Crippen LogP contribution in [-0.4, -0.2) is 24.5 Å². The van der Waals surface area contributed by atoms with E-state index in [0.717, 1.165) is 0 Å². The third kappa shape index (κ3) is 3.58. The van der Waals surface area contributed by atoms with E-state index in [2.05, 4.69) is 9.71 Å². The van der Waals surface area contributed by atoms with E-state index in [1.165, 1.54) is 29.0 Å². The number of aromatic nitrogens is 2. The summed E-state index contributed by atoms with van der Waals surface area (Å²) in [6, 6.07) is 7.27. The Balaban J connectivity index is 2.08. The molecule has 1 aromatic carbocycles. The van der Waals surface area contributed by atoms with E-state index in [4.69, 9.17) is 5.73 Å². The van der Waals surface area contributed by atoms with E-state index >= 15 is 0 Å². The number of rotatable bonds is 5. The van der Waals surface area contributed by atoms with Crippen molar-refractivity contribution in [3.05, 3.63) is 57.4 Å². The standard InChI is InChI=1S/C12H14N4O4S/c13-9-3-1-2-4-10(9)21(19,20)14-6-8-16-7-5-11(17)15-12(16)18/h1-5,7,14H,6,8,13H2,(H,15,17,18). The highest BCUT2D eigenvalue weighted by Gasteiger charge is 2.16. The van der Waals surface area contributed by atoms with Crippen molar-refractivity contribution >= 4 is 15.7 Å². The van der Waals surface area contributed by atoms with Gasteiger partial charge in [-0.3, -0.25) is 14.3 Å². The quantitative estimate of drug-likeness (QED) is 0.617. The van der Waals surface area contributed by atoms with Crippen molar-refractivity contribution in [2.75, 3.05) is 12.3 Å². The van der Waals surface area contributed by atoms with Crippen LogP contribution in [0.25, 0.3) is 0 Å². The smallest absolute Gasteiger partial charge is 0.328 e. The Bertz CT molecular complexity index is 854. The van der Waals surface area contributed by atoms with E-state index in [-0.39, 0.29) is 23.7 Å². The maximum absolute atomic E-state index is 12.0. The van der Waals surface area contributed by atoms with Gasteiger partial charge in [0.05, 0.1) is 5.69 Å². The second-order valence-corrected chi connectivity index (χ2v) is 5.97. The summed E-state index contributed by atoms with van der Waals surface area (Å²) in [6.45, 7) is 0.0736. The minimum absolute atomic E-state index is 0.0113. The molecule has 4 N–H and O–H groups in total. The number of hydrogen-bond acceptors (Lipinski definition) is 5. The van der Waals surface area contributed by atoms with Crippen molar-refractivity contribution in [2.24, 2.45) is 0 Å². The lowest BCUT2D eigenvalue weighted by molar-refractivity contribution is 0.568. The zero-order valence-corrected chi connectivity index (χ0v) is 11.8. The first-order valence-corrected chi connectivity index (χ1v) is 7.52. The molecule has 0 fully saturated rings. The summed E-state index contributed by atoms with van der Waals surface area (Å²) in [7, 11) is -3.74. The summed E-state index contributed by atoms with van der Waals surface area (Å²) in [5.74, 6) is 0. The largest absolute Gasteiger partial charge is 0.398 e. The lowest BCUT2D eigenvalue weighted by Crippen LogP contribution is -2.34. The van der Waals surface area contributed by atoms with Gasteiger partial charge >= 0.3 is 5.69 Å². The van der Waals surface area contributed by atoms with Gasteiger partial charge in [0.1, 0.15) is 4.90 Å². The molecule has 2 rings (SSSR count). The Morgan fingerprint density at radius 1 is 1.19 bits per heavy atom. The Labute approximate surface area is 120 Å². The van der Waals surface area contributed by atoms with Crippen LogP contribution in [0.2, 0.25) is 0 Å². The Morgan fingerprint density at radius 2 is 1.90 bits per heavy atom. The molecule has 112 valence electrons. The lowest BCUT2D eigenvalue weighted by atomic mass is 10.3. The molecule has 0 aliphatic heterocycles. The van der Waals surface area contributed by atoms with Crippen LogP contribution < -0.4 is 21.7 Å². The first kappa shape index (κ1) is 15.0. The highest BCUT2D eigenvalue weighted by atomic mass is 32.2. The summed E-state index contributed by atoms with van der Waals surface area (Å²) in [5.41, 5.74) is 4.66. The monoisotopic (exact) mass is 310 g/mol. The van der Waals surface area contributed by atoms with Crippen molar-refractivity contribution in [3.63, 3.8) is 0 Å². The first-order chi connectivity index (χ1) is 9.90. The molecule has 21 heavy (non-hydrogen) atoms. The predicted octanol–water partition coefficient (Wildman–Crippen LogP) is -0.903. The average Bonchev–Trinajstić information content (AvgIpc) is 2.41. The fraction of sp³-hybridized carbons (Fsp3) is 0.167. The van der Waals surface area contributed by atoms with Gasteiger partial charge in [0.15, 0.2) is 0 Å². The van der Waals surface area contributed by atoms with Crippen LogP contribution in [-0.2, 0) is 16.6 Å². The molecule has 0 unspecified atom stereocenters. The zero-order chi connectivity index (χ0) is 15.5. The molecular formula is C12H14N4O4S. The van der Waals surface area contributed by atoms with E-state index in [1.54, 1.807) is 12.1 Å². The average molecular weight is 310 g/mol. The number of sulfonamides is 1. The van der Waals surface area contributed by atoms with Gasteiger partial charge in [0.25, 0.3) is 5.56 Å². The van der Waals surface area contributed by atoms with Crippen LogP contribution in [0.4, 0.5) is 5.69 Å². The van der Waals surface area contributed by atoms with Gasteiger partial charge in [-0.15, -0.1) is 0 Å². The van der Waals surface area contributed by atoms with Crippen molar-refractivity contribution in [1.29, 1.82) is 0 Å². The molecule has 0 aliphatic rings. The molecular weight excluding hydrogens is 296 g/mol. The van der Waals surface area contributed by atoms with Gasteiger partial charge in [0.2, 0.25) is 10.0 Å². The summed E-state index contributed by atoms with van der Waals surface area (Å²) in [4.78, 5) is 24.4. The van der Waals surface area contributed by atoms with E-state index in [1.807, 2.05) is 0 Å². The number of para-hydroxylation sites is 1. The number of nitrogen functional groups attached to an aromatic ring is 1. The third-order valence-electron chi connectivity index (χ3n) is 2.75. The molecule has 1 aromatic heterocycles. The van der Waals surface area contributed by atoms with Gasteiger partial charge in [-0.25, -0.2) is 17.9 Å². The summed E-state index contributed by atoms with van der Waals surface area (Å²) in [5, 5.41) is 0. The third-order valence-corrected chi connectivity index (χ3v) is 4.29. The number of anilines is 1. The molecule has 0 aliphatic carbocycles. The van der Waals surface area contributed by atoms with Crippen LogP contribution in [0.1, 0.15) is 0 Å². The Kier molecular flexibility index (Phi) is 4.24. The number of nitrogens with two attached hydrogens (primary N) is 1. The fourth-order valence-corrected chi connectivity index (χ4v) is 2.88. The molecule has 9 heteroatoms. The van der Waals surface area contributed by atoms with Gasteiger partial charge in [-0.05, 0) is 12.1 Å². The Morgan fingerprint density at radius 3 is 2.57 bits per heavy atom. The molecule has 0 saturated heterocycles. The number of H-pyrrole nitrogens is 1. The van der Waals surface area contributed by atoms with Crippen LogP contribution in [0.3, 0.4) is 0 Å². The predicted molar refractivity (Wildman–Crippen MR) is 77.4 cm³/mol. The summed E-state index contributed by atoms with van der Waals surface area (Å²) < 4.78 is 27.6. The van der Waals surface area contributed by atoms with Crippen molar-refractivity contribution in [3.8, 4) is 0 Å². The topological polar surface area (TPSA) is 127 Å². The zero-order valence-electron chi connectivity index (χ0n) is 10.9. The van der Waals surface area contributed by atoms with E-state index in [9.17, 15) is 18.0 Å². The number of nitrogens with one attached hydrogen (secondary N) is 2. The molecule has 0 radical (unpaired) electrons. The van der Waals surface area contributed by atoms with E-state index < -0.39 is 21.3 Å². The number of hydrogen-bond donors (Lipinski definition) is 3. The first-order valence-electron chi connectivity index (χ1n) is 6.04. The van der Waals surface area contributed by atoms with Crippen molar-refractivity contribution in [1.82, 2.24) is 14.3 Å². The minimum atomic E-state index is -3.74. The number of benzene rings is 1. The molecule has 1 heterocycles. The number of aromatic amines is 1. The fourth-order valence-electron chi connectivity index (χ4n) is 1.72. The van der Waals surface area contributed by atoms with Gasteiger partial charge in [-0.1, -0.05) is 12.1 Å². The second kappa shape index (κ2) is 5.94. The normalized spacial score (nSPS) is 11.4. The van der Waals surface area contributed by atoms with Gasteiger partial charge in [-0.2, -0.15) is 0 Å². The molecule has 0 spiro atoms. The van der Waals surface area contributed by atoms with Crippen molar-refractivity contribution in [2.45, 2.75) is 11.4 Å². The van der Waals surface area contributed by atoms with Crippen LogP contribution in [0.15, 0.2) is 51.0 Å². The van der Waals surface area contributed by atoms with Crippen LogP contribution in [0, 0.1) is 0 Å². The van der Waals surface area contributed by atoms with Crippen molar-refractivity contribution < 1.29 is 8.42 Å². The van der Waals surface area contributed by atoms with Gasteiger partial charge < -0.3 is 5.73 Å². The molecule has 0 amide bonds. The maximum Gasteiger partial charge on any atom is 0.328 e. The maximum atomic E-state index is 12.0.